The van der Waals surface area contributed by atoms with Gasteiger partial charge in [0.2, 0.25) is 0 Å². The molecule has 0 bridgehead atoms. The molecule has 0 saturated carbocycles. The van der Waals surface area contributed by atoms with Crippen molar-refractivity contribution in [2.45, 2.75) is 19.0 Å². The van der Waals surface area contributed by atoms with E-state index in [0.29, 0.717) is 25.5 Å². The van der Waals surface area contributed by atoms with Gasteiger partial charge in [0.15, 0.2) is 0 Å². The van der Waals surface area contributed by atoms with E-state index in [-0.39, 0.29) is 12.1 Å². The number of nitrogens with zero attached hydrogens (tertiary/aromatic N) is 3. The van der Waals surface area contributed by atoms with Gasteiger partial charge in [0.05, 0.1) is 12.7 Å². The third kappa shape index (κ3) is 3.22. The summed E-state index contributed by atoms with van der Waals surface area (Å²) in [6, 6.07) is 11.8. The van der Waals surface area contributed by atoms with Crippen LogP contribution in [-0.4, -0.2) is 39.8 Å². The second-order valence-corrected chi connectivity index (χ2v) is 5.28. The molecule has 0 spiro atoms. The quantitative estimate of drug-likeness (QED) is 0.897. The highest BCUT2D eigenvalue weighted by Crippen LogP contribution is 2.13. The molecule has 2 amide bonds. The summed E-state index contributed by atoms with van der Waals surface area (Å²) < 4.78 is 1.78. The van der Waals surface area contributed by atoms with E-state index in [4.69, 9.17) is 5.73 Å². The van der Waals surface area contributed by atoms with Gasteiger partial charge >= 0.3 is 6.03 Å². The number of nitrogens with one attached hydrogen (secondary N) is 1. The zero-order valence-electron chi connectivity index (χ0n) is 11.8. The van der Waals surface area contributed by atoms with Crippen LogP contribution in [-0.2, 0) is 6.54 Å². The Morgan fingerprint density at radius 3 is 2.86 bits per heavy atom. The number of likely N-dealkylation sites (tertiary alicyclic amines) is 1. The molecule has 1 aliphatic heterocycles. The van der Waals surface area contributed by atoms with E-state index in [9.17, 15) is 4.79 Å². The number of rotatable bonds is 3. The molecule has 6 heteroatoms. The Morgan fingerprint density at radius 2 is 2.14 bits per heavy atom. The number of amides is 2. The summed E-state index contributed by atoms with van der Waals surface area (Å²) in [7, 11) is 0. The van der Waals surface area contributed by atoms with Gasteiger partial charge in [0.25, 0.3) is 0 Å². The molecule has 1 aromatic carbocycles. The zero-order chi connectivity index (χ0) is 14.7. The molecule has 110 valence electrons. The van der Waals surface area contributed by atoms with Crippen molar-refractivity contribution in [3.8, 4) is 0 Å². The average Bonchev–Trinajstić information content (AvgIpc) is 3.10. The molecule has 1 aliphatic rings. The summed E-state index contributed by atoms with van der Waals surface area (Å²) in [5.74, 6) is 0.698. The molecule has 6 nitrogen and oxygen atoms in total. The van der Waals surface area contributed by atoms with Gasteiger partial charge in [-0.3, -0.25) is 5.32 Å². The molecular weight excluding hydrogens is 266 g/mol. The van der Waals surface area contributed by atoms with Crippen molar-refractivity contribution in [2.75, 3.05) is 18.4 Å². The Kier molecular flexibility index (Phi) is 3.87. The number of benzene rings is 1. The van der Waals surface area contributed by atoms with Crippen molar-refractivity contribution in [1.29, 1.82) is 0 Å². The third-order valence-electron chi connectivity index (χ3n) is 3.64. The average molecular weight is 285 g/mol. The number of anilines is 1. The Bertz CT molecular complexity index is 610. The number of hydrogen-bond donors (Lipinski definition) is 2. The Morgan fingerprint density at radius 1 is 1.33 bits per heavy atom. The predicted octanol–water partition coefficient (Wildman–Crippen LogP) is 1.50. The Labute approximate surface area is 123 Å². The SMILES string of the molecule is N[C@@H]1CCN(C(=O)Nc2ccnn2Cc2ccccc2)C1. The van der Waals surface area contributed by atoms with Crippen LogP contribution in [0, 0.1) is 0 Å². The van der Waals surface area contributed by atoms with Crippen LogP contribution in [0.25, 0.3) is 0 Å². The second-order valence-electron chi connectivity index (χ2n) is 5.28. The molecule has 3 rings (SSSR count). The highest BCUT2D eigenvalue weighted by molar-refractivity contribution is 5.88. The summed E-state index contributed by atoms with van der Waals surface area (Å²) in [6.45, 7) is 1.95. The highest BCUT2D eigenvalue weighted by atomic mass is 16.2. The summed E-state index contributed by atoms with van der Waals surface area (Å²) in [5.41, 5.74) is 6.97. The van der Waals surface area contributed by atoms with Gasteiger partial charge in [-0.05, 0) is 12.0 Å². The van der Waals surface area contributed by atoms with Crippen molar-refractivity contribution in [3.05, 3.63) is 48.2 Å². The van der Waals surface area contributed by atoms with Crippen molar-refractivity contribution >= 4 is 11.8 Å². The smallest absolute Gasteiger partial charge is 0.323 e. The normalized spacial score (nSPS) is 18.0. The van der Waals surface area contributed by atoms with Crippen molar-refractivity contribution in [3.63, 3.8) is 0 Å². The molecule has 1 fully saturated rings. The van der Waals surface area contributed by atoms with Crippen LogP contribution < -0.4 is 11.1 Å². The number of carbonyl (C=O) groups excluding carboxylic acids is 1. The Balaban J connectivity index is 1.67. The van der Waals surface area contributed by atoms with Crippen LogP contribution in [0.15, 0.2) is 42.6 Å². The van der Waals surface area contributed by atoms with E-state index < -0.39 is 0 Å². The molecule has 1 atom stereocenters. The number of urea groups is 1. The lowest BCUT2D eigenvalue weighted by Gasteiger charge is -2.17. The predicted molar refractivity (Wildman–Crippen MR) is 81.0 cm³/mol. The van der Waals surface area contributed by atoms with Crippen molar-refractivity contribution in [1.82, 2.24) is 14.7 Å². The van der Waals surface area contributed by atoms with Gasteiger partial charge in [-0.1, -0.05) is 30.3 Å². The summed E-state index contributed by atoms with van der Waals surface area (Å²) in [5, 5.41) is 7.17. The molecule has 2 heterocycles. The van der Waals surface area contributed by atoms with Crippen LogP contribution >= 0.6 is 0 Å². The minimum Gasteiger partial charge on any atom is -0.326 e. The van der Waals surface area contributed by atoms with Crippen molar-refractivity contribution in [2.24, 2.45) is 5.73 Å². The first-order valence-electron chi connectivity index (χ1n) is 7.09. The van der Waals surface area contributed by atoms with Crippen LogP contribution in [0.3, 0.4) is 0 Å². The minimum absolute atomic E-state index is 0.0879. The first-order chi connectivity index (χ1) is 10.2. The second kappa shape index (κ2) is 5.97. The minimum atomic E-state index is -0.113. The number of aromatic nitrogens is 2. The van der Waals surface area contributed by atoms with Crippen LogP contribution in [0.2, 0.25) is 0 Å². The fourth-order valence-corrected chi connectivity index (χ4v) is 2.48. The van der Waals surface area contributed by atoms with Crippen LogP contribution in [0.4, 0.5) is 10.6 Å². The summed E-state index contributed by atoms with van der Waals surface area (Å²) in [4.78, 5) is 13.9. The van der Waals surface area contributed by atoms with E-state index >= 15 is 0 Å². The van der Waals surface area contributed by atoms with Crippen molar-refractivity contribution < 1.29 is 4.79 Å². The van der Waals surface area contributed by atoms with Gasteiger partial charge < -0.3 is 10.6 Å². The van der Waals surface area contributed by atoms with Gasteiger partial charge in [0.1, 0.15) is 5.82 Å². The summed E-state index contributed by atoms with van der Waals surface area (Å²) >= 11 is 0. The van der Waals surface area contributed by atoms with Gasteiger partial charge in [-0.2, -0.15) is 5.10 Å². The molecule has 2 aromatic rings. The number of carbonyl (C=O) groups is 1. The maximum atomic E-state index is 12.2. The Hall–Kier alpha value is -2.34. The molecule has 1 aromatic heterocycles. The van der Waals surface area contributed by atoms with E-state index in [2.05, 4.69) is 10.4 Å². The standard InChI is InChI=1S/C15H19N5O/c16-13-7-9-19(11-13)15(21)18-14-6-8-17-20(14)10-12-4-2-1-3-5-12/h1-6,8,13H,7,9-11,16H2,(H,18,21)/t13-/m1/s1. The fourth-order valence-electron chi connectivity index (χ4n) is 2.48. The van der Waals surface area contributed by atoms with Gasteiger partial charge in [-0.15, -0.1) is 0 Å². The van der Waals surface area contributed by atoms with Gasteiger partial charge in [0, 0.05) is 25.2 Å². The van der Waals surface area contributed by atoms with E-state index in [0.717, 1.165) is 12.0 Å². The number of hydrogen-bond acceptors (Lipinski definition) is 3. The van der Waals surface area contributed by atoms with E-state index in [1.807, 2.05) is 30.3 Å². The summed E-state index contributed by atoms with van der Waals surface area (Å²) in [6.07, 6.45) is 2.55. The zero-order valence-corrected chi connectivity index (χ0v) is 11.8. The molecule has 0 radical (unpaired) electrons. The molecule has 0 unspecified atom stereocenters. The molecular formula is C15H19N5O. The largest absolute Gasteiger partial charge is 0.326 e. The highest BCUT2D eigenvalue weighted by Gasteiger charge is 2.24. The third-order valence-corrected chi connectivity index (χ3v) is 3.64. The first kappa shape index (κ1) is 13.6. The lowest BCUT2D eigenvalue weighted by atomic mass is 10.2. The van der Waals surface area contributed by atoms with Crippen LogP contribution in [0.1, 0.15) is 12.0 Å². The fraction of sp³-hybridized carbons (Fsp3) is 0.333. The van der Waals surface area contributed by atoms with E-state index in [1.54, 1.807) is 21.8 Å². The molecule has 21 heavy (non-hydrogen) atoms. The van der Waals surface area contributed by atoms with Crippen LogP contribution in [0.5, 0.6) is 0 Å². The molecule has 3 N–H and O–H groups in total. The maximum absolute atomic E-state index is 12.2. The maximum Gasteiger partial charge on any atom is 0.323 e. The first-order valence-corrected chi connectivity index (χ1v) is 7.09. The topological polar surface area (TPSA) is 76.2 Å². The van der Waals surface area contributed by atoms with E-state index in [1.165, 1.54) is 0 Å². The molecule has 0 aliphatic carbocycles. The number of nitrogens with two attached hydrogens (primary N) is 1. The van der Waals surface area contributed by atoms with Gasteiger partial charge in [-0.25, -0.2) is 9.48 Å². The lowest BCUT2D eigenvalue weighted by Crippen LogP contribution is -2.35. The monoisotopic (exact) mass is 285 g/mol. The molecule has 1 saturated heterocycles. The lowest BCUT2D eigenvalue weighted by molar-refractivity contribution is 0.222.